The summed E-state index contributed by atoms with van der Waals surface area (Å²) >= 11 is 0. The van der Waals surface area contributed by atoms with Gasteiger partial charge in [-0.2, -0.15) is 0 Å². The Morgan fingerprint density at radius 2 is 2.17 bits per heavy atom. The molecule has 1 saturated heterocycles. The van der Waals surface area contributed by atoms with Gasteiger partial charge in [-0.25, -0.2) is 9.78 Å². The second-order valence-electron chi connectivity index (χ2n) is 4.43. The van der Waals surface area contributed by atoms with Crippen LogP contribution in [0.2, 0.25) is 0 Å². The lowest BCUT2D eigenvalue weighted by Crippen LogP contribution is -2.35. The zero-order valence-electron chi connectivity index (χ0n) is 7.67. The molecule has 3 atom stereocenters. The van der Waals surface area contributed by atoms with Crippen LogP contribution in [0, 0.1) is 5.92 Å². The third-order valence-corrected chi connectivity index (χ3v) is 3.13. The van der Waals surface area contributed by atoms with Gasteiger partial charge in [-0.1, -0.05) is 6.92 Å². The monoisotopic (exact) mass is 172 g/mol. The molecule has 0 amide bonds. The lowest BCUT2D eigenvalue weighted by molar-refractivity contribution is -0.407. The van der Waals surface area contributed by atoms with Gasteiger partial charge in [0.2, 0.25) is 5.79 Å². The third kappa shape index (κ3) is 1.16. The van der Waals surface area contributed by atoms with Crippen molar-refractivity contribution in [3.05, 3.63) is 0 Å². The number of rotatable bonds is 0. The van der Waals surface area contributed by atoms with Gasteiger partial charge in [-0.15, -0.1) is 0 Å². The third-order valence-electron chi connectivity index (χ3n) is 3.13. The molecule has 12 heavy (non-hydrogen) atoms. The van der Waals surface area contributed by atoms with Crippen LogP contribution in [0.3, 0.4) is 0 Å². The first-order valence-electron chi connectivity index (χ1n) is 4.63. The van der Waals surface area contributed by atoms with Gasteiger partial charge >= 0.3 is 0 Å². The molecule has 0 radical (unpaired) electrons. The fraction of sp³-hybridized carbons (Fsp3) is 1.00. The van der Waals surface area contributed by atoms with Crippen LogP contribution in [-0.4, -0.2) is 16.5 Å². The molecule has 3 heteroatoms. The maximum absolute atomic E-state index is 9.99. The predicted octanol–water partition coefficient (Wildman–Crippen LogP) is 1.61. The zero-order chi connectivity index (χ0) is 8.82. The molecule has 70 valence electrons. The van der Waals surface area contributed by atoms with E-state index in [1.54, 1.807) is 0 Å². The van der Waals surface area contributed by atoms with E-state index >= 15 is 0 Å². The van der Waals surface area contributed by atoms with Crippen molar-refractivity contribution in [2.75, 3.05) is 0 Å². The highest BCUT2D eigenvalue weighted by molar-refractivity contribution is 4.92. The summed E-state index contributed by atoms with van der Waals surface area (Å²) in [5, 5.41) is 9.99. The Labute approximate surface area is 72.6 Å². The van der Waals surface area contributed by atoms with Crippen LogP contribution in [0.1, 0.15) is 39.5 Å². The normalized spacial score (nSPS) is 53.8. The highest BCUT2D eigenvalue weighted by Crippen LogP contribution is 2.45. The Morgan fingerprint density at radius 1 is 1.42 bits per heavy atom. The van der Waals surface area contributed by atoms with Crippen molar-refractivity contribution in [1.82, 2.24) is 0 Å². The van der Waals surface area contributed by atoms with E-state index in [0.29, 0.717) is 6.42 Å². The fourth-order valence-corrected chi connectivity index (χ4v) is 2.16. The van der Waals surface area contributed by atoms with E-state index < -0.39 is 5.79 Å². The summed E-state index contributed by atoms with van der Waals surface area (Å²) < 4.78 is 0. The maximum atomic E-state index is 9.99. The van der Waals surface area contributed by atoms with Gasteiger partial charge in [0.05, 0.1) is 0 Å². The van der Waals surface area contributed by atoms with Crippen LogP contribution in [0.25, 0.3) is 0 Å². The first-order chi connectivity index (χ1) is 5.54. The van der Waals surface area contributed by atoms with E-state index in [9.17, 15) is 5.11 Å². The van der Waals surface area contributed by atoms with Crippen molar-refractivity contribution in [2.24, 2.45) is 5.92 Å². The molecule has 3 unspecified atom stereocenters. The molecule has 0 spiro atoms. The summed E-state index contributed by atoms with van der Waals surface area (Å²) in [4.78, 5) is 10.2. The number of aliphatic hydroxyl groups is 1. The Hall–Kier alpha value is -0.120. The van der Waals surface area contributed by atoms with E-state index in [0.717, 1.165) is 19.3 Å². The topological polar surface area (TPSA) is 38.7 Å². The Balaban J connectivity index is 2.23. The maximum Gasteiger partial charge on any atom is 0.204 e. The highest BCUT2D eigenvalue weighted by Gasteiger charge is 2.52. The summed E-state index contributed by atoms with van der Waals surface area (Å²) in [7, 11) is 0. The molecular formula is C9H16O3. The summed E-state index contributed by atoms with van der Waals surface area (Å²) in [5.41, 5.74) is -0.250. The van der Waals surface area contributed by atoms with Gasteiger partial charge < -0.3 is 5.11 Å². The quantitative estimate of drug-likeness (QED) is 0.564. The molecule has 2 rings (SSSR count). The molecule has 1 aliphatic carbocycles. The Bertz CT molecular complexity index is 190. The van der Waals surface area contributed by atoms with E-state index in [1.165, 1.54) is 0 Å². The van der Waals surface area contributed by atoms with Crippen LogP contribution < -0.4 is 0 Å². The smallest absolute Gasteiger partial charge is 0.204 e. The second-order valence-corrected chi connectivity index (χ2v) is 4.43. The molecule has 0 aromatic carbocycles. The van der Waals surface area contributed by atoms with Crippen molar-refractivity contribution in [3.8, 4) is 0 Å². The van der Waals surface area contributed by atoms with Crippen molar-refractivity contribution < 1.29 is 14.9 Å². The summed E-state index contributed by atoms with van der Waals surface area (Å²) in [6.45, 7) is 4.02. The molecule has 1 N–H and O–H groups in total. The second kappa shape index (κ2) is 2.44. The Kier molecular flexibility index (Phi) is 1.72. The molecule has 0 aromatic heterocycles. The fourth-order valence-electron chi connectivity index (χ4n) is 2.16. The van der Waals surface area contributed by atoms with Crippen molar-refractivity contribution in [3.63, 3.8) is 0 Å². The largest absolute Gasteiger partial charge is 0.363 e. The first kappa shape index (κ1) is 8.48. The SMILES string of the molecule is CC1CCCC2(C)CC1(O)OO2. The molecule has 2 aliphatic rings. The molecule has 1 heterocycles. The first-order valence-corrected chi connectivity index (χ1v) is 4.63. The van der Waals surface area contributed by atoms with Gasteiger partial charge in [-0.3, -0.25) is 0 Å². The van der Waals surface area contributed by atoms with Gasteiger partial charge in [0.1, 0.15) is 5.60 Å². The molecule has 3 nitrogen and oxygen atoms in total. The lowest BCUT2D eigenvalue weighted by Gasteiger charge is -2.25. The number of hydrogen-bond acceptors (Lipinski definition) is 3. The molecular weight excluding hydrogens is 156 g/mol. The van der Waals surface area contributed by atoms with E-state index in [-0.39, 0.29) is 11.5 Å². The van der Waals surface area contributed by atoms with E-state index in [4.69, 9.17) is 9.78 Å². The molecule has 0 aromatic rings. The molecule has 1 aliphatic heterocycles. The molecule has 2 bridgehead atoms. The zero-order valence-corrected chi connectivity index (χ0v) is 7.67. The van der Waals surface area contributed by atoms with Gasteiger partial charge in [0, 0.05) is 12.3 Å². The van der Waals surface area contributed by atoms with Crippen molar-refractivity contribution in [1.29, 1.82) is 0 Å². The minimum Gasteiger partial charge on any atom is -0.363 e. The minimum atomic E-state index is -1.02. The minimum absolute atomic E-state index is 0.182. The standard InChI is InChI=1S/C9H16O3/c1-7-4-3-5-8(2)6-9(7,10)12-11-8/h7,10H,3-6H2,1-2H3. The average molecular weight is 172 g/mol. The lowest BCUT2D eigenvalue weighted by atomic mass is 9.92. The summed E-state index contributed by atoms with van der Waals surface area (Å²) in [6, 6.07) is 0. The van der Waals surface area contributed by atoms with E-state index in [2.05, 4.69) is 0 Å². The van der Waals surface area contributed by atoms with Gasteiger partial charge in [0.15, 0.2) is 0 Å². The number of fused-ring (bicyclic) bond motifs is 2. The van der Waals surface area contributed by atoms with Crippen LogP contribution >= 0.6 is 0 Å². The Morgan fingerprint density at radius 3 is 2.92 bits per heavy atom. The highest BCUT2D eigenvalue weighted by atomic mass is 17.2. The van der Waals surface area contributed by atoms with E-state index in [1.807, 2.05) is 13.8 Å². The molecule has 1 saturated carbocycles. The van der Waals surface area contributed by atoms with Gasteiger partial charge in [-0.05, 0) is 26.2 Å². The average Bonchev–Trinajstić information content (AvgIpc) is 2.23. The number of hydrogen-bond donors (Lipinski definition) is 1. The van der Waals surface area contributed by atoms with Crippen LogP contribution in [0.4, 0.5) is 0 Å². The summed E-state index contributed by atoms with van der Waals surface area (Å²) in [5.74, 6) is -0.840. The van der Waals surface area contributed by atoms with Gasteiger partial charge in [0.25, 0.3) is 0 Å². The van der Waals surface area contributed by atoms with Crippen molar-refractivity contribution >= 4 is 0 Å². The molecule has 2 fully saturated rings. The summed E-state index contributed by atoms with van der Waals surface area (Å²) in [6.07, 6.45) is 3.74. The van der Waals surface area contributed by atoms with Crippen molar-refractivity contribution in [2.45, 2.75) is 50.9 Å². The van der Waals surface area contributed by atoms with Crippen LogP contribution in [0.15, 0.2) is 0 Å². The van der Waals surface area contributed by atoms with Crippen LogP contribution in [-0.2, 0) is 9.78 Å². The van der Waals surface area contributed by atoms with Crippen LogP contribution in [0.5, 0.6) is 0 Å². The predicted molar refractivity (Wildman–Crippen MR) is 43.2 cm³/mol.